The summed E-state index contributed by atoms with van der Waals surface area (Å²) in [4.78, 5) is 32.6. The van der Waals surface area contributed by atoms with Gasteiger partial charge in [0.1, 0.15) is 17.6 Å². The molecule has 2 heterocycles. The maximum atomic E-state index is 11.7. The van der Waals surface area contributed by atoms with Crippen molar-refractivity contribution in [1.82, 2.24) is 15.1 Å². The molecule has 0 radical (unpaired) electrons. The quantitative estimate of drug-likeness (QED) is 0.325. The lowest BCUT2D eigenvalue weighted by Crippen LogP contribution is -2.26. The van der Waals surface area contributed by atoms with Crippen LogP contribution >= 0.6 is 11.8 Å². The van der Waals surface area contributed by atoms with Crippen molar-refractivity contribution >= 4 is 40.7 Å². The van der Waals surface area contributed by atoms with Crippen molar-refractivity contribution in [3.05, 3.63) is 46.3 Å². The van der Waals surface area contributed by atoms with E-state index >= 15 is 0 Å². The van der Waals surface area contributed by atoms with Crippen molar-refractivity contribution < 1.29 is 29.1 Å². The van der Waals surface area contributed by atoms with Crippen LogP contribution in [-0.4, -0.2) is 55.4 Å². The number of carbonyl (C=O) groups is 2. The molecule has 0 bridgehead atoms. The molecule has 2 aromatic rings. The van der Waals surface area contributed by atoms with Gasteiger partial charge in [-0.3, -0.25) is 19.7 Å². The van der Waals surface area contributed by atoms with Crippen LogP contribution in [0.3, 0.4) is 0 Å². The van der Waals surface area contributed by atoms with E-state index in [1.54, 1.807) is 18.2 Å². The summed E-state index contributed by atoms with van der Waals surface area (Å²) in [6, 6.07) is 4.94. The van der Waals surface area contributed by atoms with Crippen LogP contribution in [0.1, 0.15) is 12.0 Å². The Morgan fingerprint density at radius 1 is 1.48 bits per heavy atom. The molecule has 1 saturated heterocycles. The standard InChI is InChI=1S/C17H16N6O7S/c1-29-13-4-10(6-18-21-17-20-16(26)14(31-17)5-15(24)25)2-3-12(13)30-9-22-8-11(7-19-22)23(27)28/h2-4,6-8,14H,5,9H2,1H3,(H,24,25)(H,20,21,26). The van der Waals surface area contributed by atoms with Crippen molar-refractivity contribution in [2.75, 3.05) is 7.11 Å². The van der Waals surface area contributed by atoms with Crippen LogP contribution in [0.4, 0.5) is 5.69 Å². The van der Waals surface area contributed by atoms with Gasteiger partial charge >= 0.3 is 11.7 Å². The predicted molar refractivity (Wildman–Crippen MR) is 109 cm³/mol. The molecule has 31 heavy (non-hydrogen) atoms. The number of ether oxygens (including phenoxy) is 2. The normalized spacial score (nSPS) is 17.1. The molecule has 162 valence electrons. The van der Waals surface area contributed by atoms with Crippen LogP contribution in [0.25, 0.3) is 0 Å². The number of hydrogen-bond donors (Lipinski definition) is 2. The molecule has 3 rings (SSSR count). The lowest BCUT2D eigenvalue weighted by molar-refractivity contribution is -0.385. The Labute approximate surface area is 178 Å². The number of rotatable bonds is 9. The van der Waals surface area contributed by atoms with E-state index in [2.05, 4.69) is 20.6 Å². The SMILES string of the molecule is COc1cc(C=NN=C2NC(=O)C(CC(=O)O)S2)ccc1OCn1cc([N+](=O)[O-])cn1. The second-order valence-corrected chi connectivity index (χ2v) is 7.21. The van der Waals surface area contributed by atoms with Gasteiger partial charge in [-0.1, -0.05) is 11.8 Å². The number of aliphatic carboxylic acids is 1. The zero-order valence-electron chi connectivity index (χ0n) is 16.0. The van der Waals surface area contributed by atoms with Crippen LogP contribution in [0.15, 0.2) is 40.8 Å². The molecule has 0 aliphatic carbocycles. The molecular weight excluding hydrogens is 432 g/mol. The highest BCUT2D eigenvalue weighted by atomic mass is 32.2. The molecule has 1 aromatic carbocycles. The fourth-order valence-electron chi connectivity index (χ4n) is 2.43. The van der Waals surface area contributed by atoms with Gasteiger partial charge in [-0.15, -0.1) is 5.10 Å². The summed E-state index contributed by atoms with van der Waals surface area (Å²) >= 11 is 1.00. The molecule has 0 spiro atoms. The van der Waals surface area contributed by atoms with Crippen molar-refractivity contribution in [2.24, 2.45) is 10.2 Å². The number of carboxylic acids is 1. The molecule has 1 aliphatic heterocycles. The first kappa shape index (κ1) is 21.8. The van der Waals surface area contributed by atoms with Crippen LogP contribution in [0, 0.1) is 10.1 Å². The van der Waals surface area contributed by atoms with E-state index < -0.39 is 22.0 Å². The van der Waals surface area contributed by atoms with Gasteiger partial charge in [0.2, 0.25) is 5.91 Å². The summed E-state index contributed by atoms with van der Waals surface area (Å²) in [5.41, 5.74) is 0.481. The largest absolute Gasteiger partial charge is 0.493 e. The highest BCUT2D eigenvalue weighted by molar-refractivity contribution is 8.15. The number of nitrogens with zero attached hydrogens (tertiary/aromatic N) is 5. The molecule has 1 aromatic heterocycles. The lowest BCUT2D eigenvalue weighted by Gasteiger charge is -2.10. The molecule has 1 atom stereocenters. The molecule has 2 N–H and O–H groups in total. The molecule has 1 fully saturated rings. The third kappa shape index (κ3) is 5.79. The molecule has 14 heteroatoms. The van der Waals surface area contributed by atoms with Gasteiger partial charge in [-0.25, -0.2) is 4.68 Å². The predicted octanol–water partition coefficient (Wildman–Crippen LogP) is 1.23. The third-order valence-corrected chi connectivity index (χ3v) is 4.93. The summed E-state index contributed by atoms with van der Waals surface area (Å²) in [5.74, 6) is -0.716. The molecule has 1 amide bonds. The molecular formula is C17H16N6O7S. The summed E-state index contributed by atoms with van der Waals surface area (Å²) in [5, 5.41) is 33.0. The minimum atomic E-state index is -1.07. The van der Waals surface area contributed by atoms with Crippen molar-refractivity contribution in [1.29, 1.82) is 0 Å². The third-order valence-electron chi connectivity index (χ3n) is 3.86. The maximum absolute atomic E-state index is 11.7. The summed E-state index contributed by atoms with van der Waals surface area (Å²) in [6.07, 6.45) is 3.49. The van der Waals surface area contributed by atoms with Gasteiger partial charge in [0.15, 0.2) is 23.4 Å². The average Bonchev–Trinajstić information content (AvgIpc) is 3.33. The molecule has 13 nitrogen and oxygen atoms in total. The Morgan fingerprint density at radius 3 is 2.97 bits per heavy atom. The number of benzene rings is 1. The van der Waals surface area contributed by atoms with Gasteiger partial charge in [0.05, 0.1) is 24.7 Å². The van der Waals surface area contributed by atoms with Crippen molar-refractivity contribution in [3.8, 4) is 11.5 Å². The Morgan fingerprint density at radius 2 is 2.29 bits per heavy atom. The molecule has 1 unspecified atom stereocenters. The zero-order chi connectivity index (χ0) is 22.4. The number of carbonyl (C=O) groups excluding carboxylic acids is 1. The number of nitro groups is 1. The first-order valence-electron chi connectivity index (χ1n) is 8.63. The van der Waals surface area contributed by atoms with E-state index in [1.807, 2.05) is 0 Å². The minimum Gasteiger partial charge on any atom is -0.493 e. The summed E-state index contributed by atoms with van der Waals surface area (Å²) in [6.45, 7) is -0.0558. The van der Waals surface area contributed by atoms with E-state index in [0.717, 1.165) is 18.0 Å². The van der Waals surface area contributed by atoms with Crippen LogP contribution < -0.4 is 14.8 Å². The number of carboxylic acid groups (broad SMARTS) is 1. The van der Waals surface area contributed by atoms with E-state index in [4.69, 9.17) is 14.6 Å². The van der Waals surface area contributed by atoms with Crippen LogP contribution in [-0.2, 0) is 16.3 Å². The van der Waals surface area contributed by atoms with Crippen molar-refractivity contribution in [2.45, 2.75) is 18.4 Å². The monoisotopic (exact) mass is 448 g/mol. The topological polar surface area (TPSA) is 171 Å². The highest BCUT2D eigenvalue weighted by Crippen LogP contribution is 2.28. The highest BCUT2D eigenvalue weighted by Gasteiger charge is 2.32. The zero-order valence-corrected chi connectivity index (χ0v) is 16.8. The summed E-state index contributed by atoms with van der Waals surface area (Å²) < 4.78 is 12.1. The smallest absolute Gasteiger partial charge is 0.307 e. The second-order valence-electron chi connectivity index (χ2n) is 6.02. The number of nitrogens with one attached hydrogen (secondary N) is 1. The van der Waals surface area contributed by atoms with Crippen molar-refractivity contribution in [3.63, 3.8) is 0 Å². The number of amides is 1. The Hall–Kier alpha value is -3.94. The minimum absolute atomic E-state index is 0.0558. The maximum Gasteiger partial charge on any atom is 0.307 e. The van der Waals surface area contributed by atoms with Gasteiger partial charge in [-0.2, -0.15) is 10.2 Å². The Kier molecular flexibility index (Phi) is 6.81. The number of thioether (sulfide) groups is 1. The number of hydrogen-bond acceptors (Lipinski definition) is 10. The Balaban J connectivity index is 1.62. The van der Waals surface area contributed by atoms with Gasteiger partial charge in [-0.05, 0) is 23.8 Å². The van der Waals surface area contributed by atoms with E-state index in [9.17, 15) is 19.7 Å². The molecule has 1 aliphatic rings. The first-order chi connectivity index (χ1) is 14.9. The van der Waals surface area contributed by atoms with Gasteiger partial charge in [0.25, 0.3) is 0 Å². The number of aromatic nitrogens is 2. The van der Waals surface area contributed by atoms with Gasteiger partial charge < -0.3 is 19.9 Å². The fraction of sp³-hybridized carbons (Fsp3) is 0.235. The van der Waals surface area contributed by atoms with Crippen LogP contribution in [0.5, 0.6) is 11.5 Å². The van der Waals surface area contributed by atoms with E-state index in [0.29, 0.717) is 17.1 Å². The Bertz CT molecular complexity index is 1070. The second kappa shape index (κ2) is 9.71. The van der Waals surface area contributed by atoms with E-state index in [-0.39, 0.29) is 24.0 Å². The van der Waals surface area contributed by atoms with Gasteiger partial charge in [0, 0.05) is 0 Å². The summed E-state index contributed by atoms with van der Waals surface area (Å²) in [7, 11) is 1.45. The first-order valence-corrected chi connectivity index (χ1v) is 9.51. The average molecular weight is 448 g/mol. The molecule has 0 saturated carbocycles. The fourth-order valence-corrected chi connectivity index (χ4v) is 3.35. The number of amidine groups is 1. The van der Waals surface area contributed by atoms with E-state index in [1.165, 1.54) is 24.2 Å². The lowest BCUT2D eigenvalue weighted by atomic mass is 10.2. The van der Waals surface area contributed by atoms with Crippen LogP contribution in [0.2, 0.25) is 0 Å². The number of methoxy groups -OCH3 is 1.